The molecule has 0 spiro atoms. The van der Waals surface area contributed by atoms with Gasteiger partial charge in [0.25, 0.3) is 5.91 Å². The smallest absolute Gasteiger partial charge is 0.273 e. The van der Waals surface area contributed by atoms with Crippen LogP contribution in [0.3, 0.4) is 0 Å². The average molecular weight is 273 g/mol. The Morgan fingerprint density at radius 1 is 1.10 bits per heavy atom. The van der Waals surface area contributed by atoms with Crippen molar-refractivity contribution in [2.75, 3.05) is 0 Å². The van der Waals surface area contributed by atoms with Crippen molar-refractivity contribution in [2.45, 2.75) is 32.4 Å². The van der Waals surface area contributed by atoms with E-state index in [1.165, 1.54) is 5.01 Å². The summed E-state index contributed by atoms with van der Waals surface area (Å²) in [5.41, 5.74) is 7.85. The van der Waals surface area contributed by atoms with Crippen LogP contribution in [-0.4, -0.2) is 27.7 Å². The maximum absolute atomic E-state index is 12.3. The highest BCUT2D eigenvalue weighted by atomic mass is 16.2. The molecule has 1 saturated heterocycles. The predicted molar refractivity (Wildman–Crippen MR) is 69.9 cm³/mol. The Labute approximate surface area is 116 Å². The Hall–Kier alpha value is -2.21. The summed E-state index contributed by atoms with van der Waals surface area (Å²) in [6.45, 7) is 0.641. The molecule has 1 fully saturated rings. The van der Waals surface area contributed by atoms with Crippen molar-refractivity contribution >= 4 is 17.7 Å². The summed E-state index contributed by atoms with van der Waals surface area (Å²) in [4.78, 5) is 36.1. The van der Waals surface area contributed by atoms with Gasteiger partial charge in [0.05, 0.1) is 6.54 Å². The molecule has 0 atom stereocenters. The van der Waals surface area contributed by atoms with Gasteiger partial charge in [-0.2, -0.15) is 5.01 Å². The summed E-state index contributed by atoms with van der Waals surface area (Å²) in [5, 5.41) is 2.25. The lowest BCUT2D eigenvalue weighted by atomic mass is 10.1. The largest absolute Gasteiger partial charge is 0.326 e. The number of rotatable bonds is 2. The van der Waals surface area contributed by atoms with Gasteiger partial charge in [-0.15, -0.1) is 0 Å². The molecule has 0 bridgehead atoms. The van der Waals surface area contributed by atoms with Gasteiger partial charge in [0.2, 0.25) is 11.8 Å². The first-order chi connectivity index (χ1) is 9.61. The summed E-state index contributed by atoms with van der Waals surface area (Å²) < 4.78 is 0. The van der Waals surface area contributed by atoms with Crippen LogP contribution in [0.5, 0.6) is 0 Å². The SMILES string of the molecule is NCc1ccc2c(c1)CN(N1C(=O)CCCC1=O)C2=O. The predicted octanol–water partition coefficient (Wildman–Crippen LogP) is 0.555. The molecular weight excluding hydrogens is 258 g/mol. The van der Waals surface area contributed by atoms with E-state index in [0.717, 1.165) is 16.1 Å². The van der Waals surface area contributed by atoms with E-state index in [2.05, 4.69) is 0 Å². The lowest BCUT2D eigenvalue weighted by molar-refractivity contribution is -0.163. The van der Waals surface area contributed by atoms with E-state index in [1.807, 2.05) is 6.07 Å². The van der Waals surface area contributed by atoms with Crippen LogP contribution >= 0.6 is 0 Å². The minimum Gasteiger partial charge on any atom is -0.326 e. The third-order valence-electron chi connectivity index (χ3n) is 3.69. The molecule has 1 aromatic rings. The maximum Gasteiger partial charge on any atom is 0.273 e. The minimum atomic E-state index is -0.304. The Bertz CT molecular complexity index is 596. The van der Waals surface area contributed by atoms with E-state index in [4.69, 9.17) is 5.73 Å². The highest BCUT2D eigenvalue weighted by Crippen LogP contribution is 2.27. The van der Waals surface area contributed by atoms with Crippen molar-refractivity contribution in [1.29, 1.82) is 0 Å². The number of benzene rings is 1. The number of hydrogen-bond acceptors (Lipinski definition) is 4. The number of carbonyl (C=O) groups is 3. The molecule has 3 amide bonds. The number of nitrogens with two attached hydrogens (primary N) is 1. The number of hydrogen-bond donors (Lipinski definition) is 1. The second-order valence-electron chi connectivity index (χ2n) is 5.01. The van der Waals surface area contributed by atoms with Gasteiger partial charge in [-0.25, -0.2) is 5.01 Å². The molecule has 0 aliphatic carbocycles. The first-order valence-corrected chi connectivity index (χ1v) is 6.61. The van der Waals surface area contributed by atoms with E-state index in [-0.39, 0.29) is 24.3 Å². The molecule has 0 aromatic heterocycles. The summed E-state index contributed by atoms with van der Waals surface area (Å²) in [6, 6.07) is 5.35. The third kappa shape index (κ3) is 1.89. The molecule has 20 heavy (non-hydrogen) atoms. The van der Waals surface area contributed by atoms with Gasteiger partial charge in [-0.05, 0) is 23.6 Å². The van der Waals surface area contributed by atoms with Crippen LogP contribution in [0, 0.1) is 0 Å². The molecule has 6 nitrogen and oxygen atoms in total. The average Bonchev–Trinajstić information content (AvgIpc) is 2.75. The first kappa shape index (κ1) is 12.8. The van der Waals surface area contributed by atoms with Crippen molar-refractivity contribution < 1.29 is 14.4 Å². The van der Waals surface area contributed by atoms with E-state index >= 15 is 0 Å². The molecule has 2 N–H and O–H groups in total. The minimum absolute atomic E-state index is 0.249. The van der Waals surface area contributed by atoms with Crippen LogP contribution < -0.4 is 5.73 Å². The van der Waals surface area contributed by atoms with Crippen molar-refractivity contribution in [3.05, 3.63) is 34.9 Å². The lowest BCUT2D eigenvalue weighted by Gasteiger charge is -2.32. The molecule has 6 heteroatoms. The number of nitrogens with zero attached hydrogens (tertiary/aromatic N) is 2. The van der Waals surface area contributed by atoms with Gasteiger partial charge in [0.15, 0.2) is 0 Å². The topological polar surface area (TPSA) is 83.7 Å². The van der Waals surface area contributed by atoms with Gasteiger partial charge in [0.1, 0.15) is 0 Å². The lowest BCUT2D eigenvalue weighted by Crippen LogP contribution is -2.51. The molecule has 3 rings (SSSR count). The van der Waals surface area contributed by atoms with Crippen LogP contribution in [0.1, 0.15) is 40.7 Å². The molecule has 2 aliphatic rings. The zero-order chi connectivity index (χ0) is 14.3. The standard InChI is InChI=1S/C14H15N3O3/c15-7-9-4-5-11-10(6-9)8-16(14(11)20)17-12(18)2-1-3-13(17)19/h4-6H,1-3,7-8,15H2. The molecule has 2 aliphatic heterocycles. The summed E-state index contributed by atoms with van der Waals surface area (Å²) in [7, 11) is 0. The van der Waals surface area contributed by atoms with Crippen molar-refractivity contribution in [3.8, 4) is 0 Å². The molecule has 104 valence electrons. The molecule has 0 radical (unpaired) electrons. The fourth-order valence-corrected chi connectivity index (χ4v) is 2.66. The Morgan fingerprint density at radius 2 is 1.80 bits per heavy atom. The fourth-order valence-electron chi connectivity index (χ4n) is 2.66. The highest BCUT2D eigenvalue weighted by Gasteiger charge is 2.39. The van der Waals surface area contributed by atoms with Crippen molar-refractivity contribution in [3.63, 3.8) is 0 Å². The number of carbonyl (C=O) groups excluding carboxylic acids is 3. The highest BCUT2D eigenvalue weighted by molar-refractivity contribution is 6.04. The molecule has 1 aromatic carbocycles. The van der Waals surface area contributed by atoms with Crippen LogP contribution in [-0.2, 0) is 22.7 Å². The van der Waals surface area contributed by atoms with Crippen LogP contribution in [0.4, 0.5) is 0 Å². The van der Waals surface area contributed by atoms with Crippen LogP contribution in [0.2, 0.25) is 0 Å². The van der Waals surface area contributed by atoms with Gasteiger partial charge in [-0.3, -0.25) is 14.4 Å². The monoisotopic (exact) mass is 273 g/mol. The van der Waals surface area contributed by atoms with Crippen molar-refractivity contribution in [2.24, 2.45) is 5.73 Å². The van der Waals surface area contributed by atoms with E-state index in [9.17, 15) is 14.4 Å². The second kappa shape index (κ2) is 4.72. The summed E-state index contributed by atoms with van der Waals surface area (Å²) in [5.74, 6) is -0.907. The zero-order valence-corrected chi connectivity index (χ0v) is 11.0. The van der Waals surface area contributed by atoms with E-state index in [1.54, 1.807) is 12.1 Å². The second-order valence-corrected chi connectivity index (χ2v) is 5.01. The molecular formula is C14H15N3O3. The quantitative estimate of drug-likeness (QED) is 0.798. The number of piperidine rings is 1. The number of hydrazine groups is 1. The summed E-state index contributed by atoms with van der Waals surface area (Å²) in [6.07, 6.45) is 1.17. The van der Waals surface area contributed by atoms with Gasteiger partial charge in [-0.1, -0.05) is 12.1 Å². The van der Waals surface area contributed by atoms with E-state index < -0.39 is 0 Å². The van der Waals surface area contributed by atoms with Crippen LogP contribution in [0.15, 0.2) is 18.2 Å². The van der Waals surface area contributed by atoms with Crippen LogP contribution in [0.25, 0.3) is 0 Å². The zero-order valence-electron chi connectivity index (χ0n) is 11.0. The Morgan fingerprint density at radius 3 is 2.45 bits per heavy atom. The summed E-state index contributed by atoms with van der Waals surface area (Å²) >= 11 is 0. The van der Waals surface area contributed by atoms with Gasteiger partial charge < -0.3 is 5.73 Å². The normalized spacial score (nSPS) is 18.8. The maximum atomic E-state index is 12.3. The Kier molecular flexibility index (Phi) is 3.02. The molecule has 0 saturated carbocycles. The number of imide groups is 1. The van der Waals surface area contributed by atoms with Crippen molar-refractivity contribution in [1.82, 2.24) is 10.0 Å². The van der Waals surface area contributed by atoms with E-state index in [0.29, 0.717) is 31.4 Å². The third-order valence-corrected chi connectivity index (χ3v) is 3.69. The molecule has 0 unspecified atom stereocenters. The first-order valence-electron chi connectivity index (χ1n) is 6.61. The fraction of sp³-hybridized carbons (Fsp3) is 0.357. The number of fused-ring (bicyclic) bond motifs is 1. The van der Waals surface area contributed by atoms with Gasteiger partial charge >= 0.3 is 0 Å². The van der Waals surface area contributed by atoms with Gasteiger partial charge in [0, 0.05) is 24.9 Å². The Balaban J connectivity index is 1.93. The number of amides is 3. The molecule has 2 heterocycles.